The SMILES string of the molecule is CC(=O)N1NC2C(=O)N(C3CCCCC3)CC2C1c1ccc(N(C)C)cc1. The van der Waals surface area contributed by atoms with Crippen LogP contribution in [0.3, 0.4) is 0 Å². The van der Waals surface area contributed by atoms with Gasteiger partial charge in [0.1, 0.15) is 6.04 Å². The van der Waals surface area contributed by atoms with Gasteiger partial charge in [0, 0.05) is 45.2 Å². The number of anilines is 1. The Kier molecular flexibility index (Phi) is 4.84. The zero-order valence-corrected chi connectivity index (χ0v) is 16.5. The number of carbonyl (C=O) groups is 2. The summed E-state index contributed by atoms with van der Waals surface area (Å²) in [6.07, 6.45) is 5.94. The molecule has 2 aliphatic heterocycles. The molecule has 0 spiro atoms. The molecule has 2 amide bonds. The number of rotatable bonds is 3. The van der Waals surface area contributed by atoms with Crippen LogP contribution < -0.4 is 10.3 Å². The van der Waals surface area contributed by atoms with E-state index in [0.29, 0.717) is 6.04 Å². The highest BCUT2D eigenvalue weighted by Crippen LogP contribution is 2.42. The highest BCUT2D eigenvalue weighted by Gasteiger charge is 2.54. The fourth-order valence-electron chi connectivity index (χ4n) is 5.01. The zero-order valence-electron chi connectivity index (χ0n) is 16.5. The van der Waals surface area contributed by atoms with Crippen LogP contribution in [-0.4, -0.2) is 54.4 Å². The number of hydrogen-bond donors (Lipinski definition) is 1. The summed E-state index contributed by atoms with van der Waals surface area (Å²) in [5.41, 5.74) is 5.46. The molecule has 2 heterocycles. The molecule has 2 saturated heterocycles. The molecule has 6 nitrogen and oxygen atoms in total. The Morgan fingerprint density at radius 3 is 2.37 bits per heavy atom. The van der Waals surface area contributed by atoms with E-state index in [0.717, 1.165) is 30.6 Å². The lowest BCUT2D eigenvalue weighted by Crippen LogP contribution is -2.48. The minimum absolute atomic E-state index is 0.0388. The Hall–Kier alpha value is -2.08. The van der Waals surface area contributed by atoms with Crippen LogP contribution in [0, 0.1) is 5.92 Å². The first-order valence-electron chi connectivity index (χ1n) is 10.1. The van der Waals surface area contributed by atoms with Gasteiger partial charge in [0.05, 0.1) is 6.04 Å². The smallest absolute Gasteiger partial charge is 0.242 e. The van der Waals surface area contributed by atoms with Crippen LogP contribution in [-0.2, 0) is 9.59 Å². The van der Waals surface area contributed by atoms with Crippen molar-refractivity contribution in [1.29, 1.82) is 0 Å². The molecule has 3 aliphatic rings. The van der Waals surface area contributed by atoms with Crippen molar-refractivity contribution in [2.24, 2.45) is 5.92 Å². The molecular weight excluding hydrogens is 340 g/mol. The maximum Gasteiger partial charge on any atom is 0.242 e. The van der Waals surface area contributed by atoms with Crippen LogP contribution in [0.1, 0.15) is 50.6 Å². The molecule has 1 saturated carbocycles. The molecule has 146 valence electrons. The van der Waals surface area contributed by atoms with Gasteiger partial charge in [-0.15, -0.1) is 0 Å². The standard InChI is InChI=1S/C21H30N4O2/c1-14(26)25-20(15-9-11-16(12-10-15)23(2)3)18-13-24(21(27)19(18)22-25)17-7-5-4-6-8-17/h9-12,17-20,22H,4-8,13H2,1-3H3. The van der Waals surface area contributed by atoms with Gasteiger partial charge >= 0.3 is 0 Å². The molecule has 1 aromatic rings. The van der Waals surface area contributed by atoms with Crippen molar-refractivity contribution in [1.82, 2.24) is 15.3 Å². The van der Waals surface area contributed by atoms with Gasteiger partial charge in [-0.1, -0.05) is 31.4 Å². The average molecular weight is 370 g/mol. The number of fused-ring (bicyclic) bond motifs is 1. The van der Waals surface area contributed by atoms with Gasteiger partial charge < -0.3 is 9.80 Å². The van der Waals surface area contributed by atoms with Crippen LogP contribution in [0.5, 0.6) is 0 Å². The molecule has 3 fully saturated rings. The molecule has 1 N–H and O–H groups in total. The van der Waals surface area contributed by atoms with Crippen molar-refractivity contribution >= 4 is 17.5 Å². The lowest BCUT2D eigenvalue weighted by atomic mass is 9.90. The van der Waals surface area contributed by atoms with Gasteiger partial charge in [0.25, 0.3) is 0 Å². The highest BCUT2D eigenvalue weighted by atomic mass is 16.2. The molecule has 4 rings (SSSR count). The summed E-state index contributed by atoms with van der Waals surface area (Å²) in [5.74, 6) is 0.238. The van der Waals surface area contributed by atoms with Crippen molar-refractivity contribution < 1.29 is 9.59 Å². The Morgan fingerprint density at radius 1 is 1.11 bits per heavy atom. The van der Waals surface area contributed by atoms with Crippen LogP contribution in [0.2, 0.25) is 0 Å². The summed E-state index contributed by atoms with van der Waals surface area (Å²) in [5, 5.41) is 1.68. The maximum atomic E-state index is 13.1. The third-order valence-electron chi connectivity index (χ3n) is 6.45. The summed E-state index contributed by atoms with van der Waals surface area (Å²) in [7, 11) is 4.03. The number of benzene rings is 1. The number of carbonyl (C=O) groups excluding carboxylic acids is 2. The molecule has 3 unspecified atom stereocenters. The van der Waals surface area contributed by atoms with Crippen LogP contribution in [0.25, 0.3) is 0 Å². The van der Waals surface area contributed by atoms with Crippen molar-refractivity contribution in [2.45, 2.75) is 57.2 Å². The summed E-state index contributed by atoms with van der Waals surface area (Å²) in [4.78, 5) is 29.5. The van der Waals surface area contributed by atoms with Gasteiger partial charge in [-0.25, -0.2) is 5.43 Å². The summed E-state index contributed by atoms with van der Waals surface area (Å²) >= 11 is 0. The first-order chi connectivity index (χ1) is 13.0. The van der Waals surface area contributed by atoms with E-state index in [4.69, 9.17) is 0 Å². The minimum atomic E-state index is -0.283. The van der Waals surface area contributed by atoms with Crippen molar-refractivity contribution in [3.63, 3.8) is 0 Å². The molecule has 0 bridgehead atoms. The molecule has 0 aromatic heterocycles. The predicted octanol–water partition coefficient (Wildman–Crippen LogP) is 2.32. The predicted molar refractivity (Wildman–Crippen MR) is 105 cm³/mol. The maximum absolute atomic E-state index is 13.1. The second kappa shape index (κ2) is 7.15. The number of hydrazine groups is 1. The van der Waals surface area contributed by atoms with Gasteiger partial charge in [0.15, 0.2) is 0 Å². The third-order valence-corrected chi connectivity index (χ3v) is 6.45. The van der Waals surface area contributed by atoms with Crippen LogP contribution in [0.15, 0.2) is 24.3 Å². The van der Waals surface area contributed by atoms with Gasteiger partial charge in [-0.3, -0.25) is 14.6 Å². The summed E-state index contributed by atoms with van der Waals surface area (Å²) in [6, 6.07) is 8.34. The van der Waals surface area contributed by atoms with Crippen LogP contribution >= 0.6 is 0 Å². The summed E-state index contributed by atoms with van der Waals surface area (Å²) < 4.78 is 0. The Labute approximate surface area is 161 Å². The largest absolute Gasteiger partial charge is 0.378 e. The lowest BCUT2D eigenvalue weighted by molar-refractivity contribution is -0.137. The van der Waals surface area contributed by atoms with E-state index >= 15 is 0 Å². The van der Waals surface area contributed by atoms with Crippen molar-refractivity contribution in [2.75, 3.05) is 25.5 Å². The molecular formula is C21H30N4O2. The second-order valence-corrected chi connectivity index (χ2v) is 8.37. The molecule has 1 aliphatic carbocycles. The minimum Gasteiger partial charge on any atom is -0.378 e. The Balaban J connectivity index is 1.60. The van der Waals surface area contributed by atoms with E-state index in [2.05, 4.69) is 39.5 Å². The lowest BCUT2D eigenvalue weighted by Gasteiger charge is -2.34. The molecule has 27 heavy (non-hydrogen) atoms. The number of amides is 2. The molecule has 3 atom stereocenters. The topological polar surface area (TPSA) is 55.9 Å². The molecule has 6 heteroatoms. The Morgan fingerprint density at radius 2 is 1.78 bits per heavy atom. The van der Waals surface area contributed by atoms with Crippen molar-refractivity contribution in [3.05, 3.63) is 29.8 Å². The third kappa shape index (κ3) is 3.20. The van der Waals surface area contributed by atoms with E-state index in [9.17, 15) is 9.59 Å². The molecule has 0 radical (unpaired) electrons. The number of nitrogens with one attached hydrogen (secondary N) is 1. The molecule has 1 aromatic carbocycles. The van der Waals surface area contributed by atoms with Crippen LogP contribution in [0.4, 0.5) is 5.69 Å². The number of hydrogen-bond acceptors (Lipinski definition) is 4. The normalized spacial score (nSPS) is 28.6. The fraction of sp³-hybridized carbons (Fsp3) is 0.619. The highest BCUT2D eigenvalue weighted by molar-refractivity contribution is 5.87. The van der Waals surface area contributed by atoms with Gasteiger partial charge in [0.2, 0.25) is 11.8 Å². The first kappa shape index (κ1) is 18.3. The van der Waals surface area contributed by atoms with E-state index < -0.39 is 0 Å². The first-order valence-corrected chi connectivity index (χ1v) is 10.1. The van der Waals surface area contributed by atoms with Gasteiger partial charge in [-0.05, 0) is 30.5 Å². The van der Waals surface area contributed by atoms with E-state index in [1.807, 2.05) is 14.1 Å². The monoisotopic (exact) mass is 370 g/mol. The van der Waals surface area contributed by atoms with E-state index in [-0.39, 0.29) is 29.8 Å². The summed E-state index contributed by atoms with van der Waals surface area (Å²) in [6.45, 7) is 2.31. The fourth-order valence-corrected chi connectivity index (χ4v) is 5.01. The zero-order chi connectivity index (χ0) is 19.1. The Bertz CT molecular complexity index is 711. The number of nitrogens with zero attached hydrogens (tertiary/aromatic N) is 3. The van der Waals surface area contributed by atoms with E-state index in [1.54, 1.807) is 11.9 Å². The number of likely N-dealkylation sites (tertiary alicyclic amines) is 1. The van der Waals surface area contributed by atoms with Crippen molar-refractivity contribution in [3.8, 4) is 0 Å². The second-order valence-electron chi connectivity index (χ2n) is 8.37. The van der Waals surface area contributed by atoms with Gasteiger partial charge in [-0.2, -0.15) is 0 Å². The van der Waals surface area contributed by atoms with E-state index in [1.165, 1.54) is 19.3 Å². The average Bonchev–Trinajstić information content (AvgIpc) is 3.20. The quantitative estimate of drug-likeness (QED) is 0.887.